The van der Waals surface area contributed by atoms with E-state index in [-0.39, 0.29) is 5.56 Å². The zero-order valence-corrected chi connectivity index (χ0v) is 10.0. The molecule has 94 valence electrons. The molecule has 4 heteroatoms. The molecule has 0 aliphatic carbocycles. The van der Waals surface area contributed by atoms with E-state index in [2.05, 4.69) is 4.98 Å². The van der Waals surface area contributed by atoms with E-state index in [1.165, 1.54) is 6.07 Å². The van der Waals surface area contributed by atoms with Gasteiger partial charge in [0.1, 0.15) is 11.1 Å². The molecular formula is C15H11NO3. The normalized spacial score (nSPS) is 10.7. The molecule has 0 bridgehead atoms. The molecule has 2 aromatic carbocycles. The van der Waals surface area contributed by atoms with Crippen LogP contribution in [0.5, 0.6) is 0 Å². The number of carboxylic acid groups (broad SMARTS) is 1. The molecular weight excluding hydrogens is 242 g/mol. The zero-order valence-electron chi connectivity index (χ0n) is 10.0. The predicted octanol–water partition coefficient (Wildman–Crippen LogP) is 3.12. The Balaban J connectivity index is 2.03. The number of hydrogen-bond acceptors (Lipinski definition) is 3. The van der Waals surface area contributed by atoms with Crippen molar-refractivity contribution < 1.29 is 14.3 Å². The number of nitrogens with zero attached hydrogens (tertiary/aromatic N) is 1. The van der Waals surface area contributed by atoms with Crippen molar-refractivity contribution in [3.63, 3.8) is 0 Å². The molecule has 0 saturated carbocycles. The van der Waals surface area contributed by atoms with Crippen LogP contribution in [0.3, 0.4) is 0 Å². The fourth-order valence-electron chi connectivity index (χ4n) is 2.01. The number of carbonyl (C=O) groups is 1. The molecule has 3 rings (SSSR count). The van der Waals surface area contributed by atoms with Gasteiger partial charge in [-0.25, -0.2) is 9.78 Å². The number of aromatic nitrogens is 1. The monoisotopic (exact) mass is 253 g/mol. The molecule has 0 amide bonds. The molecule has 0 saturated heterocycles. The van der Waals surface area contributed by atoms with E-state index in [1.54, 1.807) is 12.1 Å². The molecule has 0 fully saturated rings. The smallest absolute Gasteiger partial charge is 0.339 e. The minimum atomic E-state index is -1.01. The summed E-state index contributed by atoms with van der Waals surface area (Å²) in [5, 5.41) is 9.09. The lowest BCUT2D eigenvalue weighted by Gasteiger charge is -1.95. The number of benzene rings is 2. The summed E-state index contributed by atoms with van der Waals surface area (Å²) in [7, 11) is 0. The van der Waals surface area contributed by atoms with Gasteiger partial charge in [0.2, 0.25) is 0 Å². The van der Waals surface area contributed by atoms with Crippen LogP contribution in [0.15, 0.2) is 52.9 Å². The molecule has 1 N–H and O–H groups in total. The van der Waals surface area contributed by atoms with E-state index in [1.807, 2.05) is 30.3 Å². The highest BCUT2D eigenvalue weighted by Crippen LogP contribution is 2.21. The van der Waals surface area contributed by atoms with Gasteiger partial charge in [0.15, 0.2) is 11.5 Å². The quantitative estimate of drug-likeness (QED) is 0.779. The fraction of sp³-hybridized carbons (Fsp3) is 0.0667. The first-order valence-electron chi connectivity index (χ1n) is 5.90. The molecule has 0 aliphatic heterocycles. The maximum absolute atomic E-state index is 11.1. The molecule has 3 aromatic rings. The number of hydrogen-bond donors (Lipinski definition) is 1. The Morgan fingerprint density at radius 3 is 2.63 bits per heavy atom. The average molecular weight is 253 g/mol. The summed E-state index contributed by atoms with van der Waals surface area (Å²) >= 11 is 0. The number of para-hydroxylation sites is 1. The molecule has 0 radical (unpaired) electrons. The molecule has 0 unspecified atom stereocenters. The summed E-state index contributed by atoms with van der Waals surface area (Å²) in [5.74, 6) is -0.483. The minimum absolute atomic E-state index is 0.143. The Bertz CT molecular complexity index is 731. The van der Waals surface area contributed by atoms with Crippen molar-refractivity contribution in [3.8, 4) is 0 Å². The number of fused-ring (bicyclic) bond motifs is 1. The maximum Gasteiger partial charge on any atom is 0.339 e. The lowest BCUT2D eigenvalue weighted by Crippen LogP contribution is -1.95. The largest absolute Gasteiger partial charge is 0.478 e. The van der Waals surface area contributed by atoms with Crippen LogP contribution in [0.4, 0.5) is 0 Å². The number of carboxylic acids is 1. The number of aromatic carboxylic acids is 1. The molecule has 1 aromatic heterocycles. The Kier molecular flexibility index (Phi) is 2.76. The highest BCUT2D eigenvalue weighted by Gasteiger charge is 2.14. The van der Waals surface area contributed by atoms with Crippen LogP contribution >= 0.6 is 0 Å². The van der Waals surface area contributed by atoms with Crippen LogP contribution in [-0.4, -0.2) is 16.1 Å². The van der Waals surface area contributed by atoms with Crippen LogP contribution in [0.1, 0.15) is 21.8 Å². The molecule has 4 nitrogen and oxygen atoms in total. The maximum atomic E-state index is 11.1. The second kappa shape index (κ2) is 4.57. The van der Waals surface area contributed by atoms with Crippen molar-refractivity contribution in [1.82, 2.24) is 4.98 Å². The van der Waals surface area contributed by atoms with Gasteiger partial charge in [-0.2, -0.15) is 0 Å². The molecule has 0 atom stereocenters. The first kappa shape index (κ1) is 11.5. The van der Waals surface area contributed by atoms with Crippen LogP contribution < -0.4 is 0 Å². The van der Waals surface area contributed by atoms with Crippen molar-refractivity contribution in [2.24, 2.45) is 0 Å². The molecule has 1 heterocycles. The summed E-state index contributed by atoms with van der Waals surface area (Å²) in [5.41, 5.74) is 2.13. The van der Waals surface area contributed by atoms with Gasteiger partial charge in [-0.1, -0.05) is 36.4 Å². The van der Waals surface area contributed by atoms with Gasteiger partial charge in [-0.3, -0.25) is 0 Å². The lowest BCUT2D eigenvalue weighted by atomic mass is 10.1. The third kappa shape index (κ3) is 2.20. The topological polar surface area (TPSA) is 63.3 Å². The Labute approximate surface area is 109 Å². The van der Waals surface area contributed by atoms with Crippen LogP contribution in [0, 0.1) is 0 Å². The Hall–Kier alpha value is -2.62. The van der Waals surface area contributed by atoms with E-state index in [0.29, 0.717) is 23.4 Å². The van der Waals surface area contributed by atoms with Crippen molar-refractivity contribution in [3.05, 3.63) is 65.5 Å². The van der Waals surface area contributed by atoms with E-state index in [0.717, 1.165) is 5.56 Å². The summed E-state index contributed by atoms with van der Waals surface area (Å²) in [4.78, 5) is 15.4. The van der Waals surface area contributed by atoms with Gasteiger partial charge in [0, 0.05) is 6.42 Å². The predicted molar refractivity (Wildman–Crippen MR) is 70.2 cm³/mol. The zero-order chi connectivity index (χ0) is 13.2. The SMILES string of the molecule is O=C(O)c1cccc2nc(Cc3ccccc3)oc12. The Morgan fingerprint density at radius 1 is 1.11 bits per heavy atom. The first-order chi connectivity index (χ1) is 9.24. The van der Waals surface area contributed by atoms with E-state index < -0.39 is 5.97 Å². The van der Waals surface area contributed by atoms with E-state index in [4.69, 9.17) is 9.52 Å². The molecule has 0 spiro atoms. The number of oxazole rings is 1. The second-order valence-corrected chi connectivity index (χ2v) is 4.23. The number of rotatable bonds is 3. The van der Waals surface area contributed by atoms with Crippen molar-refractivity contribution in [2.45, 2.75) is 6.42 Å². The second-order valence-electron chi connectivity index (χ2n) is 4.23. The third-order valence-electron chi connectivity index (χ3n) is 2.89. The van der Waals surface area contributed by atoms with Crippen molar-refractivity contribution in [1.29, 1.82) is 0 Å². The van der Waals surface area contributed by atoms with E-state index >= 15 is 0 Å². The van der Waals surface area contributed by atoms with Gasteiger partial charge >= 0.3 is 5.97 Å². The van der Waals surface area contributed by atoms with Crippen molar-refractivity contribution in [2.75, 3.05) is 0 Å². The summed E-state index contributed by atoms with van der Waals surface area (Å²) in [6, 6.07) is 14.7. The van der Waals surface area contributed by atoms with Crippen LogP contribution in [0.2, 0.25) is 0 Å². The Morgan fingerprint density at radius 2 is 1.89 bits per heavy atom. The average Bonchev–Trinajstić information content (AvgIpc) is 2.81. The highest BCUT2D eigenvalue weighted by atomic mass is 16.4. The highest BCUT2D eigenvalue weighted by molar-refractivity contribution is 5.99. The van der Waals surface area contributed by atoms with Gasteiger partial charge < -0.3 is 9.52 Å². The van der Waals surface area contributed by atoms with Crippen LogP contribution in [0.25, 0.3) is 11.1 Å². The summed E-state index contributed by atoms with van der Waals surface area (Å²) in [6.07, 6.45) is 0.550. The molecule has 0 aliphatic rings. The summed E-state index contributed by atoms with van der Waals surface area (Å²) in [6.45, 7) is 0. The van der Waals surface area contributed by atoms with Gasteiger partial charge in [0.05, 0.1) is 0 Å². The van der Waals surface area contributed by atoms with E-state index in [9.17, 15) is 4.79 Å². The fourth-order valence-corrected chi connectivity index (χ4v) is 2.01. The molecule has 19 heavy (non-hydrogen) atoms. The standard InChI is InChI=1S/C15H11NO3/c17-15(18)11-7-4-8-12-14(11)19-13(16-12)9-10-5-2-1-3-6-10/h1-8H,9H2,(H,17,18). The third-order valence-corrected chi connectivity index (χ3v) is 2.89. The minimum Gasteiger partial charge on any atom is -0.478 e. The lowest BCUT2D eigenvalue weighted by molar-refractivity contribution is 0.0698. The summed E-state index contributed by atoms with van der Waals surface area (Å²) < 4.78 is 5.57. The van der Waals surface area contributed by atoms with Crippen molar-refractivity contribution >= 4 is 17.1 Å². The van der Waals surface area contributed by atoms with Crippen LogP contribution in [-0.2, 0) is 6.42 Å². The van der Waals surface area contributed by atoms with Gasteiger partial charge in [-0.15, -0.1) is 0 Å². The van der Waals surface area contributed by atoms with Gasteiger partial charge in [-0.05, 0) is 17.7 Å². The first-order valence-corrected chi connectivity index (χ1v) is 5.90. The van der Waals surface area contributed by atoms with Gasteiger partial charge in [0.25, 0.3) is 0 Å².